The number of methoxy groups -OCH3 is 1. The van der Waals surface area contributed by atoms with Gasteiger partial charge < -0.3 is 29.0 Å². The zero-order chi connectivity index (χ0) is 32.8. The van der Waals surface area contributed by atoms with Crippen LogP contribution in [0.5, 0.6) is 11.5 Å². The van der Waals surface area contributed by atoms with E-state index in [1.165, 1.54) is 25.6 Å². The van der Waals surface area contributed by atoms with Gasteiger partial charge in [0, 0.05) is 16.5 Å². The molecule has 12 heteroatoms. The van der Waals surface area contributed by atoms with Crippen molar-refractivity contribution in [2.45, 2.75) is 85.7 Å². The van der Waals surface area contributed by atoms with Crippen molar-refractivity contribution in [2.75, 3.05) is 23.9 Å². The van der Waals surface area contributed by atoms with E-state index in [2.05, 4.69) is 15.5 Å². The summed E-state index contributed by atoms with van der Waals surface area (Å²) in [5.41, 5.74) is -0.816. The van der Waals surface area contributed by atoms with Crippen molar-refractivity contribution in [2.24, 2.45) is 0 Å². The Labute approximate surface area is 258 Å². The van der Waals surface area contributed by atoms with E-state index in [-0.39, 0.29) is 11.8 Å². The normalized spacial score (nSPS) is 12.3. The number of fused-ring (bicyclic) bond motifs is 1. The minimum Gasteiger partial charge on any atom is -0.490 e. The molecule has 0 radical (unpaired) electrons. The number of imide groups is 1. The highest BCUT2D eigenvalue weighted by atomic mass is 16.6. The van der Waals surface area contributed by atoms with Gasteiger partial charge in [0.05, 0.1) is 37.9 Å². The van der Waals surface area contributed by atoms with Crippen LogP contribution in [0.4, 0.5) is 21.0 Å². The standard InChI is InChI=1S/C32H42N4O8/c1-11-41-26-15-20(12-13-25(26)42-19(2)3)27(28(37)40-10)35-22-14-21-17-33-34-18-23(21)24(16-22)36(29(38)43-31(4,5)6)30(39)44-32(7,8)9/h12-19,27,35H,11H2,1-10H3. The Morgan fingerprint density at radius 1 is 0.886 bits per heavy atom. The van der Waals surface area contributed by atoms with Gasteiger partial charge in [0.2, 0.25) is 0 Å². The summed E-state index contributed by atoms with van der Waals surface area (Å²) in [6.07, 6.45) is 0.912. The predicted octanol–water partition coefficient (Wildman–Crippen LogP) is 6.82. The lowest BCUT2D eigenvalue weighted by atomic mass is 10.0. The average molecular weight is 611 g/mol. The molecule has 1 heterocycles. The Balaban J connectivity index is 2.18. The van der Waals surface area contributed by atoms with Gasteiger partial charge in [-0.2, -0.15) is 15.1 Å². The second-order valence-corrected chi connectivity index (χ2v) is 12.2. The maximum Gasteiger partial charge on any atom is 0.424 e. The van der Waals surface area contributed by atoms with Crippen LogP contribution in [0.25, 0.3) is 10.8 Å². The van der Waals surface area contributed by atoms with Gasteiger partial charge in [-0.25, -0.2) is 14.4 Å². The van der Waals surface area contributed by atoms with Crippen LogP contribution in [0.1, 0.15) is 73.9 Å². The third kappa shape index (κ3) is 8.95. The average Bonchev–Trinajstić information content (AvgIpc) is 2.90. The summed E-state index contributed by atoms with van der Waals surface area (Å²) < 4.78 is 28.0. The van der Waals surface area contributed by atoms with Crippen molar-refractivity contribution < 1.29 is 38.1 Å². The Morgan fingerprint density at radius 3 is 2.05 bits per heavy atom. The van der Waals surface area contributed by atoms with Crippen LogP contribution in [0, 0.1) is 0 Å². The topological polar surface area (TPSA) is 138 Å². The number of hydrogen-bond acceptors (Lipinski definition) is 11. The van der Waals surface area contributed by atoms with E-state index < -0.39 is 35.4 Å². The molecule has 0 aliphatic heterocycles. The molecular weight excluding hydrogens is 568 g/mol. The van der Waals surface area contributed by atoms with Crippen molar-refractivity contribution in [3.63, 3.8) is 0 Å². The SMILES string of the molecule is CCOc1cc(C(Nc2cc(N(C(=O)OC(C)(C)C)C(=O)OC(C)(C)C)c3cnncc3c2)C(=O)OC)ccc1OC(C)C. The molecule has 0 saturated carbocycles. The lowest BCUT2D eigenvalue weighted by Gasteiger charge is -2.29. The zero-order valence-electron chi connectivity index (χ0n) is 27.0. The molecule has 0 spiro atoms. The maximum absolute atomic E-state index is 13.5. The molecule has 1 N–H and O–H groups in total. The van der Waals surface area contributed by atoms with Gasteiger partial charge in [0.1, 0.15) is 11.2 Å². The van der Waals surface area contributed by atoms with E-state index in [9.17, 15) is 14.4 Å². The van der Waals surface area contributed by atoms with E-state index in [1.807, 2.05) is 20.8 Å². The van der Waals surface area contributed by atoms with Gasteiger partial charge in [0.25, 0.3) is 0 Å². The Morgan fingerprint density at radius 2 is 1.50 bits per heavy atom. The van der Waals surface area contributed by atoms with Crippen molar-refractivity contribution in [1.29, 1.82) is 0 Å². The van der Waals surface area contributed by atoms with Crippen LogP contribution in [0.3, 0.4) is 0 Å². The largest absolute Gasteiger partial charge is 0.490 e. The number of anilines is 2. The molecule has 0 saturated heterocycles. The highest BCUT2D eigenvalue weighted by Crippen LogP contribution is 2.36. The highest BCUT2D eigenvalue weighted by Gasteiger charge is 2.34. The van der Waals surface area contributed by atoms with E-state index >= 15 is 0 Å². The zero-order valence-corrected chi connectivity index (χ0v) is 27.0. The fourth-order valence-electron chi connectivity index (χ4n) is 4.14. The van der Waals surface area contributed by atoms with E-state index in [4.69, 9.17) is 23.7 Å². The van der Waals surface area contributed by atoms with E-state index in [0.29, 0.717) is 40.1 Å². The molecule has 1 aromatic heterocycles. The van der Waals surface area contributed by atoms with Crippen LogP contribution in [-0.4, -0.2) is 59.4 Å². The molecule has 3 rings (SSSR count). The number of nitrogens with zero attached hydrogens (tertiary/aromatic N) is 3. The minimum absolute atomic E-state index is 0.0911. The molecule has 0 aliphatic carbocycles. The fourth-order valence-corrected chi connectivity index (χ4v) is 4.14. The first-order valence-corrected chi connectivity index (χ1v) is 14.3. The number of aromatic nitrogens is 2. The summed E-state index contributed by atoms with van der Waals surface area (Å²) in [6.45, 7) is 16.2. The quantitative estimate of drug-likeness (QED) is 0.202. The number of amides is 2. The first-order valence-electron chi connectivity index (χ1n) is 14.3. The highest BCUT2D eigenvalue weighted by molar-refractivity contribution is 6.15. The van der Waals surface area contributed by atoms with Crippen LogP contribution >= 0.6 is 0 Å². The van der Waals surface area contributed by atoms with Gasteiger partial charge in [-0.1, -0.05) is 6.07 Å². The molecule has 0 bridgehead atoms. The summed E-state index contributed by atoms with van der Waals surface area (Å²) >= 11 is 0. The molecule has 0 aliphatic rings. The molecule has 1 unspecified atom stereocenters. The predicted molar refractivity (Wildman–Crippen MR) is 166 cm³/mol. The second kappa shape index (κ2) is 13.8. The third-order valence-electron chi connectivity index (χ3n) is 5.75. The lowest BCUT2D eigenvalue weighted by molar-refractivity contribution is -0.141. The summed E-state index contributed by atoms with van der Waals surface area (Å²) in [7, 11) is 1.28. The summed E-state index contributed by atoms with van der Waals surface area (Å²) in [5, 5.41) is 12.1. The Hall–Kier alpha value is -4.61. The monoisotopic (exact) mass is 610 g/mol. The number of ether oxygens (including phenoxy) is 5. The lowest BCUT2D eigenvalue weighted by Crippen LogP contribution is -2.44. The number of hydrogen-bond donors (Lipinski definition) is 1. The third-order valence-corrected chi connectivity index (χ3v) is 5.75. The Kier molecular flexibility index (Phi) is 10.6. The molecule has 238 valence electrons. The summed E-state index contributed by atoms with van der Waals surface area (Å²) in [5.74, 6) is 0.409. The van der Waals surface area contributed by atoms with Crippen LogP contribution in [0.15, 0.2) is 42.7 Å². The van der Waals surface area contributed by atoms with E-state index in [1.54, 1.807) is 65.8 Å². The van der Waals surface area contributed by atoms with Gasteiger partial charge in [-0.15, -0.1) is 0 Å². The first-order chi connectivity index (χ1) is 20.5. The molecule has 0 fully saturated rings. The number of esters is 1. The van der Waals surface area contributed by atoms with Crippen LogP contribution in [-0.2, 0) is 19.0 Å². The van der Waals surface area contributed by atoms with Crippen molar-refractivity contribution >= 4 is 40.3 Å². The van der Waals surface area contributed by atoms with Crippen LogP contribution in [0.2, 0.25) is 0 Å². The summed E-state index contributed by atoms with van der Waals surface area (Å²) in [4.78, 5) is 40.9. The number of carbonyl (C=O) groups excluding carboxylic acids is 3. The van der Waals surface area contributed by atoms with Crippen LogP contribution < -0.4 is 19.7 Å². The Bertz CT molecular complexity index is 1470. The van der Waals surface area contributed by atoms with Gasteiger partial charge in [-0.05, 0) is 92.1 Å². The molecule has 1 atom stereocenters. The number of nitrogens with one attached hydrogen (secondary N) is 1. The molecule has 3 aromatic rings. The van der Waals surface area contributed by atoms with E-state index in [0.717, 1.165) is 4.90 Å². The van der Waals surface area contributed by atoms with Gasteiger partial charge in [-0.3, -0.25) is 0 Å². The maximum atomic E-state index is 13.5. The summed E-state index contributed by atoms with van der Waals surface area (Å²) in [6, 6.07) is 7.40. The first kappa shape index (κ1) is 33.9. The second-order valence-electron chi connectivity index (χ2n) is 12.2. The molecule has 2 amide bonds. The number of benzene rings is 2. The van der Waals surface area contributed by atoms with Crippen molar-refractivity contribution in [3.8, 4) is 11.5 Å². The number of carbonyl (C=O) groups is 3. The van der Waals surface area contributed by atoms with Gasteiger partial charge >= 0.3 is 18.2 Å². The van der Waals surface area contributed by atoms with Crippen molar-refractivity contribution in [3.05, 3.63) is 48.3 Å². The smallest absolute Gasteiger partial charge is 0.424 e. The number of rotatable bonds is 9. The minimum atomic E-state index is -1.01. The molecule has 12 nitrogen and oxygen atoms in total. The molecule has 2 aromatic carbocycles. The fraction of sp³-hybridized carbons (Fsp3) is 0.469. The molecular formula is C32H42N4O8. The molecule has 44 heavy (non-hydrogen) atoms. The van der Waals surface area contributed by atoms with Crippen molar-refractivity contribution in [1.82, 2.24) is 10.2 Å². The van der Waals surface area contributed by atoms with Gasteiger partial charge in [0.15, 0.2) is 17.5 Å².